The number of aryl methyl sites for hydroxylation is 1. The molecule has 5 nitrogen and oxygen atoms in total. The topological polar surface area (TPSA) is 67.4 Å². The van der Waals surface area contributed by atoms with E-state index in [0.717, 1.165) is 11.1 Å². The first-order chi connectivity index (χ1) is 11.4. The predicted octanol–water partition coefficient (Wildman–Crippen LogP) is 3.80. The summed E-state index contributed by atoms with van der Waals surface area (Å²) in [4.78, 5) is 23.2. The standard InChI is InChI=1S/C18H19ClN2O3/c1-11-8-17(24-3)13(9-16(11)19)10-18(23)21-15-6-4-14(5-7-15)20-12(2)22/h4-9H,10H2,1-3H3,(H,20,22)(H,21,23). The zero-order valence-corrected chi connectivity index (χ0v) is 14.5. The molecule has 0 radical (unpaired) electrons. The summed E-state index contributed by atoms with van der Waals surface area (Å²) in [6.45, 7) is 3.32. The molecular weight excluding hydrogens is 328 g/mol. The number of carbonyl (C=O) groups excluding carboxylic acids is 2. The summed E-state index contributed by atoms with van der Waals surface area (Å²) < 4.78 is 5.31. The van der Waals surface area contributed by atoms with Crippen molar-refractivity contribution < 1.29 is 14.3 Å². The molecule has 0 bridgehead atoms. The van der Waals surface area contributed by atoms with E-state index in [4.69, 9.17) is 16.3 Å². The molecule has 0 atom stereocenters. The molecule has 0 fully saturated rings. The fourth-order valence-corrected chi connectivity index (χ4v) is 2.43. The molecule has 0 aromatic heterocycles. The van der Waals surface area contributed by atoms with E-state index in [1.54, 1.807) is 37.4 Å². The highest BCUT2D eigenvalue weighted by Crippen LogP contribution is 2.27. The lowest BCUT2D eigenvalue weighted by atomic mass is 10.1. The fraction of sp³-hybridized carbons (Fsp3) is 0.222. The van der Waals surface area contributed by atoms with Gasteiger partial charge in [-0.25, -0.2) is 0 Å². The van der Waals surface area contributed by atoms with Gasteiger partial charge in [0, 0.05) is 28.9 Å². The van der Waals surface area contributed by atoms with Gasteiger partial charge in [0.05, 0.1) is 13.5 Å². The molecule has 0 saturated heterocycles. The third-order valence-electron chi connectivity index (χ3n) is 3.40. The molecule has 24 heavy (non-hydrogen) atoms. The number of ether oxygens (including phenoxy) is 1. The highest BCUT2D eigenvalue weighted by molar-refractivity contribution is 6.31. The molecule has 0 aliphatic heterocycles. The maximum atomic E-state index is 12.2. The molecule has 2 aromatic rings. The molecule has 0 aliphatic carbocycles. The van der Waals surface area contributed by atoms with Crippen LogP contribution in [-0.2, 0) is 16.0 Å². The van der Waals surface area contributed by atoms with Gasteiger partial charge >= 0.3 is 0 Å². The molecule has 0 unspecified atom stereocenters. The summed E-state index contributed by atoms with van der Waals surface area (Å²) in [7, 11) is 1.56. The third-order valence-corrected chi connectivity index (χ3v) is 3.81. The van der Waals surface area contributed by atoms with Gasteiger partial charge in [0.2, 0.25) is 11.8 Å². The highest BCUT2D eigenvalue weighted by atomic mass is 35.5. The Balaban J connectivity index is 2.05. The second-order valence-corrected chi connectivity index (χ2v) is 5.80. The first-order valence-electron chi connectivity index (χ1n) is 7.39. The second kappa shape index (κ2) is 7.84. The van der Waals surface area contributed by atoms with Gasteiger partial charge in [-0.2, -0.15) is 0 Å². The summed E-state index contributed by atoms with van der Waals surface area (Å²) in [6.07, 6.45) is 0.149. The van der Waals surface area contributed by atoms with Gasteiger partial charge in [0.1, 0.15) is 5.75 Å². The number of hydrogen-bond acceptors (Lipinski definition) is 3. The van der Waals surface area contributed by atoms with Crippen molar-refractivity contribution in [1.82, 2.24) is 0 Å². The zero-order valence-electron chi connectivity index (χ0n) is 13.8. The monoisotopic (exact) mass is 346 g/mol. The van der Waals surface area contributed by atoms with Crippen molar-refractivity contribution in [2.75, 3.05) is 17.7 Å². The van der Waals surface area contributed by atoms with E-state index in [0.29, 0.717) is 22.1 Å². The maximum absolute atomic E-state index is 12.2. The lowest BCUT2D eigenvalue weighted by Gasteiger charge is -2.11. The average molecular weight is 347 g/mol. The number of nitrogens with one attached hydrogen (secondary N) is 2. The zero-order chi connectivity index (χ0) is 17.7. The van der Waals surface area contributed by atoms with E-state index in [2.05, 4.69) is 10.6 Å². The van der Waals surface area contributed by atoms with Crippen molar-refractivity contribution >= 4 is 34.8 Å². The number of methoxy groups -OCH3 is 1. The van der Waals surface area contributed by atoms with Crippen LogP contribution >= 0.6 is 11.6 Å². The van der Waals surface area contributed by atoms with Crippen LogP contribution in [0.5, 0.6) is 5.75 Å². The number of benzene rings is 2. The number of anilines is 2. The highest BCUT2D eigenvalue weighted by Gasteiger charge is 2.11. The summed E-state index contributed by atoms with van der Waals surface area (Å²) in [5, 5.41) is 6.07. The molecule has 6 heteroatoms. The first kappa shape index (κ1) is 17.8. The summed E-state index contributed by atoms with van der Waals surface area (Å²) in [5.41, 5.74) is 2.94. The fourth-order valence-electron chi connectivity index (χ4n) is 2.24. The molecule has 2 aromatic carbocycles. The minimum atomic E-state index is -0.180. The Kier molecular flexibility index (Phi) is 5.82. The van der Waals surface area contributed by atoms with Crippen molar-refractivity contribution in [1.29, 1.82) is 0 Å². The van der Waals surface area contributed by atoms with Crippen molar-refractivity contribution in [2.45, 2.75) is 20.3 Å². The van der Waals surface area contributed by atoms with E-state index in [1.165, 1.54) is 6.92 Å². The number of carbonyl (C=O) groups is 2. The normalized spacial score (nSPS) is 10.2. The van der Waals surface area contributed by atoms with Crippen LogP contribution in [0.15, 0.2) is 36.4 Å². The number of hydrogen-bond donors (Lipinski definition) is 2. The van der Waals surface area contributed by atoms with Gasteiger partial charge in [-0.15, -0.1) is 0 Å². The summed E-state index contributed by atoms with van der Waals surface area (Å²) in [6, 6.07) is 10.5. The van der Waals surface area contributed by atoms with E-state index >= 15 is 0 Å². The van der Waals surface area contributed by atoms with Crippen molar-refractivity contribution in [3.8, 4) is 5.75 Å². The predicted molar refractivity (Wildman–Crippen MR) is 95.8 cm³/mol. The van der Waals surface area contributed by atoms with Crippen LogP contribution in [-0.4, -0.2) is 18.9 Å². The lowest BCUT2D eigenvalue weighted by molar-refractivity contribution is -0.116. The van der Waals surface area contributed by atoms with Crippen molar-refractivity contribution in [3.05, 3.63) is 52.5 Å². The lowest BCUT2D eigenvalue weighted by Crippen LogP contribution is -2.15. The summed E-state index contributed by atoms with van der Waals surface area (Å²) >= 11 is 6.12. The van der Waals surface area contributed by atoms with Crippen LogP contribution in [0.3, 0.4) is 0 Å². The molecule has 0 saturated carbocycles. The third kappa shape index (κ3) is 4.73. The van der Waals surface area contributed by atoms with Crippen LogP contribution < -0.4 is 15.4 Å². The minimum absolute atomic E-state index is 0.143. The Bertz CT molecular complexity index is 758. The molecule has 0 aliphatic rings. The molecular formula is C18H19ClN2O3. The molecule has 126 valence electrons. The second-order valence-electron chi connectivity index (χ2n) is 5.40. The van der Waals surface area contributed by atoms with Gasteiger partial charge in [0.25, 0.3) is 0 Å². The quantitative estimate of drug-likeness (QED) is 0.865. The van der Waals surface area contributed by atoms with E-state index < -0.39 is 0 Å². The maximum Gasteiger partial charge on any atom is 0.228 e. The molecule has 2 amide bonds. The molecule has 2 rings (SSSR count). The van der Waals surface area contributed by atoms with E-state index in [1.807, 2.05) is 13.0 Å². The van der Waals surface area contributed by atoms with Crippen LogP contribution in [0.4, 0.5) is 11.4 Å². The minimum Gasteiger partial charge on any atom is -0.496 e. The first-order valence-corrected chi connectivity index (χ1v) is 7.77. The average Bonchev–Trinajstić information content (AvgIpc) is 2.52. The van der Waals surface area contributed by atoms with Gasteiger partial charge < -0.3 is 15.4 Å². The molecule has 0 heterocycles. The molecule has 2 N–H and O–H groups in total. The van der Waals surface area contributed by atoms with Crippen LogP contribution in [0.1, 0.15) is 18.1 Å². The number of halogens is 1. The van der Waals surface area contributed by atoms with Crippen molar-refractivity contribution in [2.24, 2.45) is 0 Å². The van der Waals surface area contributed by atoms with Crippen LogP contribution in [0.25, 0.3) is 0 Å². The smallest absolute Gasteiger partial charge is 0.228 e. The molecule has 0 spiro atoms. The largest absolute Gasteiger partial charge is 0.496 e. The van der Waals surface area contributed by atoms with Gasteiger partial charge in [-0.1, -0.05) is 11.6 Å². The van der Waals surface area contributed by atoms with E-state index in [-0.39, 0.29) is 18.2 Å². The summed E-state index contributed by atoms with van der Waals surface area (Å²) in [5.74, 6) is 0.309. The Morgan fingerprint density at radius 2 is 1.67 bits per heavy atom. The Hall–Kier alpha value is -2.53. The SMILES string of the molecule is COc1cc(C)c(Cl)cc1CC(=O)Nc1ccc(NC(C)=O)cc1. The van der Waals surface area contributed by atoms with Gasteiger partial charge in [-0.3, -0.25) is 9.59 Å². The number of amides is 2. The Labute approximate surface area is 146 Å². The van der Waals surface area contributed by atoms with Gasteiger partial charge in [0.15, 0.2) is 0 Å². The van der Waals surface area contributed by atoms with Gasteiger partial charge in [-0.05, 0) is 48.9 Å². The van der Waals surface area contributed by atoms with Crippen LogP contribution in [0.2, 0.25) is 5.02 Å². The number of rotatable bonds is 5. The Morgan fingerprint density at radius 3 is 2.21 bits per heavy atom. The van der Waals surface area contributed by atoms with E-state index in [9.17, 15) is 9.59 Å². The Morgan fingerprint density at radius 1 is 1.08 bits per heavy atom. The van der Waals surface area contributed by atoms with Crippen molar-refractivity contribution in [3.63, 3.8) is 0 Å². The van der Waals surface area contributed by atoms with Crippen LogP contribution in [0, 0.1) is 6.92 Å².